The minimum Gasteiger partial charge on any atom is -0.469 e. The molecule has 0 unspecified atom stereocenters. The van der Waals surface area contributed by atoms with Gasteiger partial charge >= 0.3 is 0 Å². The first-order valence-corrected chi connectivity index (χ1v) is 9.48. The molecule has 0 fully saturated rings. The molecule has 0 N–H and O–H groups in total. The topological polar surface area (TPSA) is 61.0 Å². The van der Waals surface area contributed by atoms with E-state index in [1.807, 2.05) is 92.7 Å². The zero-order valence-corrected chi connectivity index (χ0v) is 16.4. The van der Waals surface area contributed by atoms with Gasteiger partial charge < -0.3 is 9.26 Å². The van der Waals surface area contributed by atoms with Crippen molar-refractivity contribution in [2.75, 3.05) is 0 Å². The lowest BCUT2D eigenvalue weighted by Gasteiger charge is -2.07. The first-order valence-electron chi connectivity index (χ1n) is 9.48. The van der Waals surface area contributed by atoms with Gasteiger partial charge in [-0.1, -0.05) is 78.0 Å². The molecule has 0 aliphatic heterocycles. The van der Waals surface area contributed by atoms with Crippen LogP contribution in [0.4, 0.5) is 0 Å². The Labute approximate surface area is 169 Å². The van der Waals surface area contributed by atoms with Crippen molar-refractivity contribution in [2.24, 2.45) is 0 Å². The highest BCUT2D eigenvalue weighted by Crippen LogP contribution is 2.19. The summed E-state index contributed by atoms with van der Waals surface area (Å²) in [5, 5.41) is 5.83. The van der Waals surface area contributed by atoms with Crippen LogP contribution in [0.15, 0.2) is 71.3 Å². The van der Waals surface area contributed by atoms with Crippen LogP contribution in [0.3, 0.4) is 0 Å². The van der Waals surface area contributed by atoms with Gasteiger partial charge in [0.15, 0.2) is 18.2 Å². The first kappa shape index (κ1) is 18.6. The summed E-state index contributed by atoms with van der Waals surface area (Å²) in [5.41, 5.74) is 2.72. The molecule has 0 atom stereocenters. The molecule has 0 spiro atoms. The summed E-state index contributed by atoms with van der Waals surface area (Å²) in [5.74, 6) is 1.78. The number of benzene rings is 2. The summed E-state index contributed by atoms with van der Waals surface area (Å²) in [4.78, 5) is 9.33. The molecule has 2 aromatic heterocycles. The Morgan fingerprint density at radius 1 is 0.862 bits per heavy atom. The second-order valence-corrected chi connectivity index (χ2v) is 6.43. The number of aromatic nitrogens is 3. The van der Waals surface area contributed by atoms with Crippen molar-refractivity contribution in [3.05, 3.63) is 83.1 Å². The van der Waals surface area contributed by atoms with Gasteiger partial charge in [-0.3, -0.25) is 0 Å². The number of nitrogens with zero attached hydrogens (tertiary/aromatic N) is 3. The number of rotatable bonds is 5. The lowest BCUT2D eigenvalue weighted by atomic mass is 10.1. The number of hydrogen-bond donors (Lipinski definition) is 0. The maximum Gasteiger partial charge on any atom is 0.225 e. The zero-order chi connectivity index (χ0) is 20.1. The van der Waals surface area contributed by atoms with Crippen molar-refractivity contribution < 1.29 is 9.26 Å². The van der Waals surface area contributed by atoms with E-state index in [-0.39, 0.29) is 6.61 Å². The Balaban J connectivity index is 1.64. The molecule has 5 heteroatoms. The van der Waals surface area contributed by atoms with Crippen LogP contribution in [-0.4, -0.2) is 15.1 Å². The second kappa shape index (κ2) is 8.52. The van der Waals surface area contributed by atoms with Crippen molar-refractivity contribution in [3.8, 4) is 28.5 Å². The molecule has 4 aromatic rings. The van der Waals surface area contributed by atoms with Gasteiger partial charge in [-0.2, -0.15) is 4.98 Å². The molecule has 4 rings (SSSR count). The van der Waals surface area contributed by atoms with Gasteiger partial charge in [-0.15, -0.1) is 0 Å². The minimum atomic E-state index is 0.231. The number of ether oxygens (including phenoxy) is 1. The third kappa shape index (κ3) is 4.09. The average Bonchev–Trinajstić information content (AvgIpc) is 3.27. The van der Waals surface area contributed by atoms with Crippen LogP contribution in [0.2, 0.25) is 0 Å². The monoisotopic (exact) mass is 383 g/mol. The van der Waals surface area contributed by atoms with E-state index < -0.39 is 0 Å². The van der Waals surface area contributed by atoms with Gasteiger partial charge in [0, 0.05) is 17.2 Å². The number of hydrogen-bond acceptors (Lipinski definition) is 5. The second-order valence-electron chi connectivity index (χ2n) is 6.43. The third-order valence-electron chi connectivity index (χ3n) is 4.51. The van der Waals surface area contributed by atoms with Crippen molar-refractivity contribution >= 4 is 12.2 Å². The lowest BCUT2D eigenvalue weighted by Crippen LogP contribution is -2.31. The van der Waals surface area contributed by atoms with Crippen molar-refractivity contribution in [2.45, 2.75) is 20.5 Å². The zero-order valence-electron chi connectivity index (χ0n) is 16.4. The largest absolute Gasteiger partial charge is 0.469 e. The maximum absolute atomic E-state index is 6.03. The molecule has 29 heavy (non-hydrogen) atoms. The Hall–Kier alpha value is -3.73. The molecule has 144 valence electrons. The van der Waals surface area contributed by atoms with E-state index in [2.05, 4.69) is 15.1 Å². The Morgan fingerprint density at radius 3 is 2.21 bits per heavy atom. The van der Waals surface area contributed by atoms with Gasteiger partial charge in [-0.05, 0) is 13.8 Å². The van der Waals surface area contributed by atoms with Crippen LogP contribution >= 0.6 is 0 Å². The summed E-state index contributed by atoms with van der Waals surface area (Å²) in [6.07, 6.45) is 3.91. The van der Waals surface area contributed by atoms with E-state index in [4.69, 9.17) is 9.26 Å². The molecule has 5 nitrogen and oxygen atoms in total. The van der Waals surface area contributed by atoms with E-state index in [0.717, 1.165) is 27.4 Å². The van der Waals surface area contributed by atoms with Crippen LogP contribution in [-0.2, 0) is 6.61 Å². The lowest BCUT2D eigenvalue weighted by molar-refractivity contribution is 0.239. The summed E-state index contributed by atoms with van der Waals surface area (Å²) < 4.78 is 11.5. The molecular weight excluding hydrogens is 362 g/mol. The van der Waals surface area contributed by atoms with Gasteiger partial charge in [-0.25, -0.2) is 4.98 Å². The van der Waals surface area contributed by atoms with Crippen molar-refractivity contribution in [1.82, 2.24) is 15.1 Å². The normalized spacial score (nSPS) is 12.3. The fraction of sp³-hybridized carbons (Fsp3) is 0.125. The summed E-state index contributed by atoms with van der Waals surface area (Å²) in [6, 6.07) is 21.6. The Morgan fingerprint density at radius 2 is 1.55 bits per heavy atom. The molecule has 0 bridgehead atoms. The van der Waals surface area contributed by atoms with Gasteiger partial charge in [0.05, 0.1) is 10.6 Å². The van der Waals surface area contributed by atoms with E-state index in [1.165, 1.54) is 0 Å². The maximum atomic E-state index is 6.03. The summed E-state index contributed by atoms with van der Waals surface area (Å²) >= 11 is 0. The molecule has 0 saturated heterocycles. The Bertz CT molecular complexity index is 1220. The fourth-order valence-electron chi connectivity index (χ4n) is 3.05. The van der Waals surface area contributed by atoms with Crippen LogP contribution < -0.4 is 15.3 Å². The van der Waals surface area contributed by atoms with E-state index >= 15 is 0 Å². The predicted molar refractivity (Wildman–Crippen MR) is 113 cm³/mol. The highest BCUT2D eigenvalue weighted by atomic mass is 16.5. The van der Waals surface area contributed by atoms with E-state index in [0.29, 0.717) is 17.5 Å². The van der Waals surface area contributed by atoms with Crippen LogP contribution in [0.25, 0.3) is 34.8 Å². The third-order valence-corrected chi connectivity index (χ3v) is 4.51. The van der Waals surface area contributed by atoms with Gasteiger partial charge in [0.2, 0.25) is 5.88 Å². The predicted octanol–water partition coefficient (Wildman–Crippen LogP) is 3.98. The molecule has 0 radical (unpaired) electrons. The Kier molecular flexibility index (Phi) is 5.47. The van der Waals surface area contributed by atoms with E-state index in [1.54, 1.807) is 0 Å². The van der Waals surface area contributed by atoms with Gasteiger partial charge in [0.1, 0.15) is 5.69 Å². The quantitative estimate of drug-likeness (QED) is 0.522. The summed E-state index contributed by atoms with van der Waals surface area (Å²) in [7, 11) is 0. The van der Waals surface area contributed by atoms with Crippen molar-refractivity contribution in [3.63, 3.8) is 0 Å². The highest BCUT2D eigenvalue weighted by Gasteiger charge is 2.11. The smallest absolute Gasteiger partial charge is 0.225 e. The first-order chi connectivity index (χ1) is 14.3. The molecule has 0 saturated carbocycles. The molecule has 2 heterocycles. The highest BCUT2D eigenvalue weighted by molar-refractivity contribution is 5.58. The molecular formula is C24H21N3O2. The molecule has 0 amide bonds. The standard InChI is InChI=1S/C24H21N3O2/c1-3-20-21(4-2)25-23(18-13-9-6-10-14-18)26-24(20)28-16-19-15-22(27-29-19)17-11-7-5-8-12-17/h3-15H,16H2,1-2H3. The van der Waals surface area contributed by atoms with Crippen molar-refractivity contribution in [1.29, 1.82) is 0 Å². The molecule has 0 aliphatic rings. The SMILES string of the molecule is CC=c1nc(-c2ccccc2)nc(OCc2cc(-c3ccccc3)no2)c1=CC. The van der Waals surface area contributed by atoms with Crippen LogP contribution in [0, 0.1) is 0 Å². The molecule has 2 aromatic carbocycles. The minimum absolute atomic E-state index is 0.231. The van der Waals surface area contributed by atoms with Gasteiger partial charge in [0.25, 0.3) is 0 Å². The average molecular weight is 383 g/mol. The molecule has 0 aliphatic carbocycles. The van der Waals surface area contributed by atoms with E-state index in [9.17, 15) is 0 Å². The summed E-state index contributed by atoms with van der Waals surface area (Å²) in [6.45, 7) is 4.13. The van der Waals surface area contributed by atoms with Crippen LogP contribution in [0.5, 0.6) is 5.88 Å². The van der Waals surface area contributed by atoms with Crippen LogP contribution in [0.1, 0.15) is 19.6 Å². The fourth-order valence-corrected chi connectivity index (χ4v) is 3.05.